The first-order valence-corrected chi connectivity index (χ1v) is 8.73. The molecule has 4 atom stereocenters. The van der Waals surface area contributed by atoms with Gasteiger partial charge in [-0.15, -0.1) is 11.8 Å². The average molecular weight is 308 g/mol. The molecule has 0 radical (unpaired) electrons. The molecule has 0 bridgehead atoms. The van der Waals surface area contributed by atoms with E-state index in [1.165, 1.54) is 11.3 Å². The van der Waals surface area contributed by atoms with Gasteiger partial charge in [0, 0.05) is 24.0 Å². The standard InChI is InChI=1S/C17H24O3S/c18-10-4-8-15-14-12-17(14,16(20-15)9-5-11-19)21-13-6-2-1-3-7-13/h1-3,6-7,14-16,18-19H,4-5,8-12H2/t14-,15+,16-,17-/m0/s1. The van der Waals surface area contributed by atoms with Crippen molar-refractivity contribution in [3.05, 3.63) is 30.3 Å². The van der Waals surface area contributed by atoms with Crippen LogP contribution in [0.15, 0.2) is 35.2 Å². The normalized spacial score (nSPS) is 33.9. The second kappa shape index (κ2) is 6.69. The van der Waals surface area contributed by atoms with Gasteiger partial charge in [0.25, 0.3) is 0 Å². The highest BCUT2D eigenvalue weighted by Gasteiger charge is 2.68. The number of ether oxygens (including phenoxy) is 1. The highest BCUT2D eigenvalue weighted by molar-refractivity contribution is 8.01. The lowest BCUT2D eigenvalue weighted by Crippen LogP contribution is -2.25. The molecule has 1 aliphatic heterocycles. The van der Waals surface area contributed by atoms with Crippen LogP contribution < -0.4 is 0 Å². The van der Waals surface area contributed by atoms with E-state index in [1.54, 1.807) is 0 Å². The van der Waals surface area contributed by atoms with Crippen LogP contribution in [0.1, 0.15) is 32.1 Å². The molecular formula is C17H24O3S. The minimum Gasteiger partial charge on any atom is -0.396 e. The van der Waals surface area contributed by atoms with Crippen molar-refractivity contribution in [2.24, 2.45) is 5.92 Å². The fourth-order valence-corrected chi connectivity index (χ4v) is 5.17. The van der Waals surface area contributed by atoms with Crippen LogP contribution in [0.5, 0.6) is 0 Å². The molecule has 1 heterocycles. The Balaban J connectivity index is 1.69. The largest absolute Gasteiger partial charge is 0.396 e. The lowest BCUT2D eigenvalue weighted by atomic mass is 10.1. The Morgan fingerprint density at radius 1 is 1.10 bits per heavy atom. The van der Waals surface area contributed by atoms with Gasteiger partial charge in [-0.25, -0.2) is 0 Å². The highest BCUT2D eigenvalue weighted by Crippen LogP contribution is 2.67. The van der Waals surface area contributed by atoms with E-state index in [-0.39, 0.29) is 30.2 Å². The van der Waals surface area contributed by atoms with Crippen molar-refractivity contribution >= 4 is 11.8 Å². The van der Waals surface area contributed by atoms with E-state index in [4.69, 9.17) is 14.9 Å². The summed E-state index contributed by atoms with van der Waals surface area (Å²) in [5.41, 5.74) is 0. The summed E-state index contributed by atoms with van der Waals surface area (Å²) in [5.74, 6) is 0.609. The van der Waals surface area contributed by atoms with E-state index in [0.29, 0.717) is 5.92 Å². The summed E-state index contributed by atoms with van der Waals surface area (Å²) in [6, 6.07) is 10.5. The molecule has 0 amide bonds. The minimum atomic E-state index is 0.205. The molecule has 1 aliphatic carbocycles. The van der Waals surface area contributed by atoms with Gasteiger partial charge in [0.2, 0.25) is 0 Å². The minimum absolute atomic E-state index is 0.205. The molecule has 3 rings (SSSR count). The molecule has 2 fully saturated rings. The number of fused-ring (bicyclic) bond motifs is 1. The number of rotatable bonds is 8. The number of aliphatic hydroxyl groups excluding tert-OH is 2. The first-order chi connectivity index (χ1) is 10.3. The summed E-state index contributed by atoms with van der Waals surface area (Å²) in [5, 5.41) is 18.2. The van der Waals surface area contributed by atoms with Crippen molar-refractivity contribution in [2.75, 3.05) is 13.2 Å². The maximum atomic E-state index is 9.11. The monoisotopic (exact) mass is 308 g/mol. The first-order valence-electron chi connectivity index (χ1n) is 7.91. The van der Waals surface area contributed by atoms with Gasteiger partial charge in [0.1, 0.15) is 0 Å². The zero-order valence-corrected chi connectivity index (χ0v) is 13.1. The van der Waals surface area contributed by atoms with Crippen molar-refractivity contribution in [1.82, 2.24) is 0 Å². The number of hydrogen-bond acceptors (Lipinski definition) is 4. The van der Waals surface area contributed by atoms with Crippen LogP contribution >= 0.6 is 11.8 Å². The van der Waals surface area contributed by atoms with E-state index >= 15 is 0 Å². The van der Waals surface area contributed by atoms with Crippen LogP contribution in [-0.4, -0.2) is 40.4 Å². The van der Waals surface area contributed by atoms with Crippen molar-refractivity contribution in [3.8, 4) is 0 Å². The van der Waals surface area contributed by atoms with Crippen molar-refractivity contribution in [1.29, 1.82) is 0 Å². The molecule has 1 aromatic rings. The second-order valence-electron chi connectivity index (χ2n) is 6.08. The molecular weight excluding hydrogens is 284 g/mol. The molecule has 0 spiro atoms. The fourth-order valence-electron chi connectivity index (χ4n) is 3.56. The molecule has 0 unspecified atom stereocenters. The van der Waals surface area contributed by atoms with Crippen LogP contribution in [0.2, 0.25) is 0 Å². The summed E-state index contributed by atoms with van der Waals surface area (Å²) in [6.45, 7) is 0.477. The summed E-state index contributed by atoms with van der Waals surface area (Å²) < 4.78 is 6.47. The van der Waals surface area contributed by atoms with Crippen LogP contribution in [-0.2, 0) is 4.74 Å². The van der Waals surface area contributed by atoms with Crippen molar-refractivity contribution < 1.29 is 14.9 Å². The fraction of sp³-hybridized carbons (Fsp3) is 0.647. The molecule has 3 nitrogen and oxygen atoms in total. The molecule has 2 aliphatic rings. The molecule has 1 saturated carbocycles. The lowest BCUT2D eigenvalue weighted by Gasteiger charge is -2.23. The molecule has 4 heteroatoms. The summed E-state index contributed by atoms with van der Waals surface area (Å²) in [4.78, 5) is 1.31. The third-order valence-electron chi connectivity index (χ3n) is 4.66. The van der Waals surface area contributed by atoms with E-state index < -0.39 is 0 Å². The van der Waals surface area contributed by atoms with E-state index in [1.807, 2.05) is 17.8 Å². The van der Waals surface area contributed by atoms with Gasteiger partial charge in [0.15, 0.2) is 0 Å². The molecule has 21 heavy (non-hydrogen) atoms. The maximum Gasteiger partial charge on any atom is 0.0733 e. The Morgan fingerprint density at radius 3 is 2.52 bits per heavy atom. The van der Waals surface area contributed by atoms with E-state index in [0.717, 1.165) is 25.7 Å². The Hall–Kier alpha value is -0.550. The molecule has 2 N–H and O–H groups in total. The quantitative estimate of drug-likeness (QED) is 0.775. The zero-order chi connectivity index (χ0) is 14.7. The third kappa shape index (κ3) is 3.14. The Labute approximate surface area is 130 Å². The van der Waals surface area contributed by atoms with Gasteiger partial charge in [-0.3, -0.25) is 0 Å². The van der Waals surface area contributed by atoms with Gasteiger partial charge in [-0.1, -0.05) is 18.2 Å². The first kappa shape index (κ1) is 15.3. The van der Waals surface area contributed by atoms with E-state index in [2.05, 4.69) is 24.3 Å². The molecule has 0 aromatic heterocycles. The van der Waals surface area contributed by atoms with Gasteiger partial charge in [-0.2, -0.15) is 0 Å². The predicted molar refractivity (Wildman–Crippen MR) is 84.4 cm³/mol. The summed E-state index contributed by atoms with van der Waals surface area (Å²) in [6.07, 6.45) is 5.25. The van der Waals surface area contributed by atoms with Crippen molar-refractivity contribution in [2.45, 2.75) is 54.0 Å². The second-order valence-corrected chi connectivity index (χ2v) is 7.51. The van der Waals surface area contributed by atoms with Crippen LogP contribution in [0, 0.1) is 5.92 Å². The SMILES string of the molecule is OCCC[C@@H]1O[C@H](CCCO)[C@@H]2C[C@@]12Sc1ccccc1. The summed E-state index contributed by atoms with van der Waals surface area (Å²) >= 11 is 1.95. The number of benzene rings is 1. The lowest BCUT2D eigenvalue weighted by molar-refractivity contribution is 0.00360. The Bertz CT molecular complexity index is 453. The van der Waals surface area contributed by atoms with Gasteiger partial charge < -0.3 is 14.9 Å². The third-order valence-corrected chi connectivity index (χ3v) is 6.28. The van der Waals surface area contributed by atoms with Crippen LogP contribution in [0.4, 0.5) is 0 Å². The average Bonchev–Trinajstić information content (AvgIpc) is 3.16. The topological polar surface area (TPSA) is 49.7 Å². The van der Waals surface area contributed by atoms with Crippen LogP contribution in [0.25, 0.3) is 0 Å². The Morgan fingerprint density at radius 2 is 1.81 bits per heavy atom. The van der Waals surface area contributed by atoms with Crippen molar-refractivity contribution in [3.63, 3.8) is 0 Å². The molecule has 1 saturated heterocycles. The van der Waals surface area contributed by atoms with Gasteiger partial charge in [-0.05, 0) is 44.2 Å². The zero-order valence-electron chi connectivity index (χ0n) is 12.3. The maximum absolute atomic E-state index is 9.11. The smallest absolute Gasteiger partial charge is 0.0733 e. The van der Waals surface area contributed by atoms with E-state index in [9.17, 15) is 0 Å². The number of aliphatic hydroxyl groups is 2. The number of hydrogen-bond donors (Lipinski definition) is 2. The summed E-state index contributed by atoms with van der Waals surface area (Å²) in [7, 11) is 0. The molecule has 1 aromatic carbocycles. The predicted octanol–water partition coefficient (Wildman–Crippen LogP) is 2.85. The number of thioether (sulfide) groups is 1. The highest BCUT2D eigenvalue weighted by atomic mass is 32.2. The molecule has 116 valence electrons. The van der Waals surface area contributed by atoms with Crippen LogP contribution in [0.3, 0.4) is 0 Å². The van der Waals surface area contributed by atoms with Gasteiger partial charge in [0.05, 0.1) is 17.0 Å². The van der Waals surface area contributed by atoms with Gasteiger partial charge >= 0.3 is 0 Å². The Kier molecular flexibility index (Phi) is 4.89.